The average molecular weight is 492 g/mol. The van der Waals surface area contributed by atoms with E-state index >= 15 is 0 Å². The average Bonchev–Trinajstić information content (AvgIpc) is 2.98. The molecule has 0 aromatic heterocycles. The summed E-state index contributed by atoms with van der Waals surface area (Å²) in [4.78, 5) is 40.0. The highest BCUT2D eigenvalue weighted by molar-refractivity contribution is 7.90. The minimum atomic E-state index is -4.15. The Labute approximate surface area is 198 Å². The van der Waals surface area contributed by atoms with Crippen molar-refractivity contribution in [3.8, 4) is 0 Å². The number of carbonyl (C=O) groups excluding carboxylic acids is 3. The lowest BCUT2D eigenvalue weighted by atomic mass is 10.1. The first-order valence-electron chi connectivity index (χ1n) is 10.6. The molecule has 0 saturated carbocycles. The number of hydrogen-bond donors (Lipinski definition) is 1. The molecule has 1 N–H and O–H groups in total. The maximum Gasteiger partial charge on any atom is 0.269 e. The van der Waals surface area contributed by atoms with Crippen molar-refractivity contribution in [2.75, 3.05) is 6.54 Å². The Bertz CT molecular complexity index is 1170. The Balaban J connectivity index is 1.88. The molecule has 1 aliphatic heterocycles. The summed E-state index contributed by atoms with van der Waals surface area (Å²) in [6.45, 7) is 4.68. The monoisotopic (exact) mass is 491 g/mol. The molecule has 0 bridgehead atoms. The molecule has 2 aromatic carbocycles. The summed E-state index contributed by atoms with van der Waals surface area (Å²) < 4.78 is 26.3. The van der Waals surface area contributed by atoms with Gasteiger partial charge in [0.15, 0.2) is 0 Å². The van der Waals surface area contributed by atoms with Gasteiger partial charge in [0.1, 0.15) is 17.5 Å². The number of fused-ring (bicyclic) bond motifs is 1. The van der Waals surface area contributed by atoms with Crippen LogP contribution in [0.5, 0.6) is 0 Å². The Morgan fingerprint density at radius 2 is 1.73 bits per heavy atom. The van der Waals surface area contributed by atoms with Crippen molar-refractivity contribution < 1.29 is 22.8 Å². The summed E-state index contributed by atoms with van der Waals surface area (Å²) in [5.41, 5.74) is 0.729. The van der Waals surface area contributed by atoms with E-state index in [2.05, 4.69) is 5.32 Å². The number of halogens is 1. The molecule has 0 aliphatic carbocycles. The largest absolute Gasteiger partial charge is 0.352 e. The molecular weight excluding hydrogens is 466 g/mol. The van der Waals surface area contributed by atoms with Crippen LogP contribution in [-0.4, -0.2) is 54.0 Å². The first-order valence-corrected chi connectivity index (χ1v) is 12.4. The van der Waals surface area contributed by atoms with Gasteiger partial charge in [0.2, 0.25) is 11.8 Å². The lowest BCUT2D eigenvalue weighted by molar-refractivity contribution is -0.140. The molecule has 10 heteroatoms. The smallest absolute Gasteiger partial charge is 0.269 e. The second-order valence-electron chi connectivity index (χ2n) is 7.95. The molecule has 0 fully saturated rings. The van der Waals surface area contributed by atoms with E-state index in [0.29, 0.717) is 21.3 Å². The Hall–Kier alpha value is -2.91. The third-order valence-electron chi connectivity index (χ3n) is 5.63. The van der Waals surface area contributed by atoms with Crippen molar-refractivity contribution >= 4 is 39.3 Å². The van der Waals surface area contributed by atoms with E-state index in [-0.39, 0.29) is 29.0 Å². The van der Waals surface area contributed by atoms with Gasteiger partial charge in [0.25, 0.3) is 15.9 Å². The second-order valence-corrected chi connectivity index (χ2v) is 10.2. The van der Waals surface area contributed by atoms with Crippen LogP contribution in [-0.2, 0) is 26.2 Å². The standard InChI is InChI=1S/C23H26ClN3O5S/c1-4-15(2)25-22(29)16(3)26(13-17-9-11-18(24)12-10-17)21(28)14-27-23(30)19-7-5-6-8-20(19)33(27,31)32/h5-12,15-16H,4,13-14H2,1-3H3,(H,25,29)/t15-,16-/m1/s1. The second kappa shape index (κ2) is 9.93. The third-order valence-corrected chi connectivity index (χ3v) is 7.66. The first kappa shape index (κ1) is 24.7. The van der Waals surface area contributed by atoms with Gasteiger partial charge in [-0.05, 0) is 50.1 Å². The third kappa shape index (κ3) is 5.20. The minimum absolute atomic E-state index is 0.0251. The predicted octanol–water partition coefficient (Wildman–Crippen LogP) is 2.82. The van der Waals surface area contributed by atoms with Gasteiger partial charge in [-0.1, -0.05) is 42.8 Å². The Morgan fingerprint density at radius 3 is 2.33 bits per heavy atom. The van der Waals surface area contributed by atoms with Crippen LogP contribution >= 0.6 is 11.6 Å². The van der Waals surface area contributed by atoms with E-state index in [4.69, 9.17) is 11.6 Å². The lowest BCUT2D eigenvalue weighted by Gasteiger charge is -2.30. The lowest BCUT2D eigenvalue weighted by Crippen LogP contribution is -2.52. The predicted molar refractivity (Wildman–Crippen MR) is 124 cm³/mol. The molecule has 2 atom stereocenters. The highest BCUT2D eigenvalue weighted by atomic mass is 35.5. The zero-order valence-corrected chi connectivity index (χ0v) is 20.2. The normalized spacial score (nSPS) is 16.1. The van der Waals surface area contributed by atoms with Crippen molar-refractivity contribution in [2.45, 2.75) is 50.7 Å². The highest BCUT2D eigenvalue weighted by Gasteiger charge is 2.43. The number of amides is 3. The minimum Gasteiger partial charge on any atom is -0.352 e. The molecule has 0 saturated heterocycles. The molecule has 3 rings (SSSR count). The number of rotatable bonds is 8. The van der Waals surface area contributed by atoms with Crippen molar-refractivity contribution in [3.05, 3.63) is 64.7 Å². The summed E-state index contributed by atoms with van der Waals surface area (Å²) in [5, 5.41) is 3.36. The fraction of sp³-hybridized carbons (Fsp3) is 0.348. The van der Waals surface area contributed by atoms with Crippen LogP contribution in [0.2, 0.25) is 5.02 Å². The van der Waals surface area contributed by atoms with Gasteiger partial charge in [-0.2, -0.15) is 0 Å². The van der Waals surface area contributed by atoms with Crippen molar-refractivity contribution in [1.29, 1.82) is 0 Å². The summed E-state index contributed by atoms with van der Waals surface area (Å²) in [7, 11) is -4.15. The van der Waals surface area contributed by atoms with Gasteiger partial charge in [-0.15, -0.1) is 0 Å². The van der Waals surface area contributed by atoms with E-state index in [9.17, 15) is 22.8 Å². The Kier molecular flexibility index (Phi) is 7.44. The number of nitrogens with one attached hydrogen (secondary N) is 1. The molecule has 2 aromatic rings. The maximum absolute atomic E-state index is 13.3. The summed E-state index contributed by atoms with van der Waals surface area (Å²) >= 11 is 5.95. The van der Waals surface area contributed by atoms with Crippen LogP contribution in [0.15, 0.2) is 53.4 Å². The van der Waals surface area contributed by atoms with Crippen molar-refractivity contribution in [2.24, 2.45) is 0 Å². The zero-order valence-electron chi connectivity index (χ0n) is 18.6. The van der Waals surface area contributed by atoms with Gasteiger partial charge in [0.05, 0.1) is 5.56 Å². The van der Waals surface area contributed by atoms with Crippen LogP contribution < -0.4 is 5.32 Å². The summed E-state index contributed by atoms with van der Waals surface area (Å²) in [6, 6.07) is 11.6. The molecule has 0 unspecified atom stereocenters. The molecular formula is C23H26ClN3O5S. The fourth-order valence-electron chi connectivity index (χ4n) is 3.44. The van der Waals surface area contributed by atoms with Crippen LogP contribution in [0.4, 0.5) is 0 Å². The van der Waals surface area contributed by atoms with Crippen LogP contribution in [0.3, 0.4) is 0 Å². The van der Waals surface area contributed by atoms with E-state index in [1.54, 1.807) is 37.3 Å². The highest BCUT2D eigenvalue weighted by Crippen LogP contribution is 2.30. The maximum atomic E-state index is 13.3. The van der Waals surface area contributed by atoms with E-state index in [0.717, 1.165) is 0 Å². The van der Waals surface area contributed by atoms with E-state index in [1.165, 1.54) is 23.1 Å². The van der Waals surface area contributed by atoms with Gasteiger partial charge in [-0.3, -0.25) is 14.4 Å². The number of nitrogens with zero attached hydrogens (tertiary/aromatic N) is 2. The number of benzene rings is 2. The first-order chi connectivity index (χ1) is 15.6. The molecule has 1 heterocycles. The van der Waals surface area contributed by atoms with E-state index < -0.39 is 34.4 Å². The van der Waals surface area contributed by atoms with Crippen molar-refractivity contribution in [1.82, 2.24) is 14.5 Å². The molecule has 3 amide bonds. The van der Waals surface area contributed by atoms with Crippen LogP contribution in [0, 0.1) is 0 Å². The number of hydrogen-bond acceptors (Lipinski definition) is 5. The molecule has 8 nitrogen and oxygen atoms in total. The molecule has 1 aliphatic rings. The fourth-order valence-corrected chi connectivity index (χ4v) is 5.08. The topological polar surface area (TPSA) is 104 Å². The molecule has 176 valence electrons. The molecule has 0 spiro atoms. The SMILES string of the molecule is CC[C@@H](C)NC(=O)[C@@H](C)N(Cc1ccc(Cl)cc1)C(=O)CN1C(=O)c2ccccc2S1(=O)=O. The van der Waals surface area contributed by atoms with E-state index in [1.807, 2.05) is 13.8 Å². The summed E-state index contributed by atoms with van der Waals surface area (Å²) in [5.74, 6) is -1.80. The van der Waals surface area contributed by atoms with Gasteiger partial charge < -0.3 is 10.2 Å². The number of sulfonamides is 1. The van der Waals surface area contributed by atoms with Gasteiger partial charge in [0, 0.05) is 17.6 Å². The van der Waals surface area contributed by atoms with Crippen LogP contribution in [0.25, 0.3) is 0 Å². The zero-order chi connectivity index (χ0) is 24.3. The Morgan fingerprint density at radius 1 is 1.09 bits per heavy atom. The summed E-state index contributed by atoms with van der Waals surface area (Å²) in [6.07, 6.45) is 0.711. The van der Waals surface area contributed by atoms with Crippen molar-refractivity contribution in [3.63, 3.8) is 0 Å². The number of carbonyl (C=O) groups is 3. The molecule has 0 radical (unpaired) electrons. The van der Waals surface area contributed by atoms with Crippen LogP contribution in [0.1, 0.15) is 43.1 Å². The van der Waals surface area contributed by atoms with Gasteiger partial charge in [-0.25, -0.2) is 12.7 Å². The van der Waals surface area contributed by atoms with Gasteiger partial charge >= 0.3 is 0 Å². The molecule has 33 heavy (non-hydrogen) atoms. The quantitative estimate of drug-likeness (QED) is 0.611.